The van der Waals surface area contributed by atoms with Gasteiger partial charge in [-0.3, -0.25) is 4.79 Å². The molecule has 0 aliphatic carbocycles. The van der Waals surface area contributed by atoms with Gasteiger partial charge in [-0.25, -0.2) is 13.6 Å². The third kappa shape index (κ3) is 6.75. The van der Waals surface area contributed by atoms with Crippen LogP contribution in [-0.2, 0) is 21.5 Å². The zero-order valence-electron chi connectivity index (χ0n) is 15.6. The van der Waals surface area contributed by atoms with Crippen LogP contribution >= 0.6 is 35.0 Å². The number of benzene rings is 3. The summed E-state index contributed by atoms with van der Waals surface area (Å²) in [6, 6.07) is 19.1. The first-order valence-electron chi connectivity index (χ1n) is 8.77. The molecule has 0 aliphatic heterocycles. The van der Waals surface area contributed by atoms with Crippen molar-refractivity contribution in [1.82, 2.24) is 0 Å². The molecule has 0 saturated heterocycles. The maximum atomic E-state index is 12.6. The standard InChI is InChI=1S/C21H18Cl2N2O3S2/c22-17-7-8-19(23)20(11-17)29-12-14-3-1-5-16(9-14)21(26)25-18-6-2-4-15(10-18)13-30(24,27)28/h1-11H,12-13H2,(H,25,26)(H2,24,27,28). The minimum absolute atomic E-state index is 0.296. The first kappa shape index (κ1) is 22.7. The van der Waals surface area contributed by atoms with Crippen LogP contribution in [0.1, 0.15) is 21.5 Å². The molecule has 9 heteroatoms. The van der Waals surface area contributed by atoms with Gasteiger partial charge in [-0.15, -0.1) is 11.8 Å². The molecule has 156 valence electrons. The van der Waals surface area contributed by atoms with Crippen LogP contribution in [-0.4, -0.2) is 14.3 Å². The number of nitrogens with one attached hydrogen (secondary N) is 1. The summed E-state index contributed by atoms with van der Waals surface area (Å²) < 4.78 is 22.5. The van der Waals surface area contributed by atoms with Gasteiger partial charge in [-0.1, -0.05) is 47.5 Å². The van der Waals surface area contributed by atoms with E-state index in [1.807, 2.05) is 12.1 Å². The van der Waals surface area contributed by atoms with E-state index in [0.29, 0.717) is 32.6 Å². The Hall–Kier alpha value is -2.03. The van der Waals surface area contributed by atoms with Crippen molar-refractivity contribution in [2.45, 2.75) is 16.4 Å². The van der Waals surface area contributed by atoms with Gasteiger partial charge in [-0.05, 0) is 53.6 Å². The normalized spacial score (nSPS) is 11.3. The number of thioether (sulfide) groups is 1. The second-order valence-electron chi connectivity index (χ2n) is 6.53. The summed E-state index contributed by atoms with van der Waals surface area (Å²) in [4.78, 5) is 13.5. The Bertz CT molecular complexity index is 1180. The van der Waals surface area contributed by atoms with Crippen molar-refractivity contribution >= 4 is 56.6 Å². The Kier molecular flexibility index (Phi) is 7.44. The highest BCUT2D eigenvalue weighted by Gasteiger charge is 2.10. The summed E-state index contributed by atoms with van der Waals surface area (Å²) in [5, 5.41) is 9.10. The number of primary sulfonamides is 1. The van der Waals surface area contributed by atoms with Gasteiger partial charge in [0, 0.05) is 26.9 Å². The van der Waals surface area contributed by atoms with E-state index in [1.165, 1.54) is 11.8 Å². The van der Waals surface area contributed by atoms with Crippen LogP contribution in [0, 0.1) is 0 Å². The molecule has 3 aromatic rings. The van der Waals surface area contributed by atoms with Gasteiger partial charge in [0.1, 0.15) is 0 Å². The minimum Gasteiger partial charge on any atom is -0.322 e. The number of sulfonamides is 1. The third-order valence-corrected chi connectivity index (χ3v) is 6.57. The van der Waals surface area contributed by atoms with Gasteiger partial charge in [0.15, 0.2) is 0 Å². The van der Waals surface area contributed by atoms with E-state index in [4.69, 9.17) is 28.3 Å². The van der Waals surface area contributed by atoms with E-state index in [0.717, 1.165) is 10.5 Å². The lowest BCUT2D eigenvalue weighted by Crippen LogP contribution is -2.15. The van der Waals surface area contributed by atoms with Gasteiger partial charge >= 0.3 is 0 Å². The molecule has 0 fully saturated rings. The zero-order valence-corrected chi connectivity index (χ0v) is 18.8. The van der Waals surface area contributed by atoms with E-state index in [9.17, 15) is 13.2 Å². The summed E-state index contributed by atoms with van der Waals surface area (Å²) in [6.07, 6.45) is 0. The number of anilines is 1. The molecule has 0 saturated carbocycles. The molecule has 30 heavy (non-hydrogen) atoms. The molecule has 0 spiro atoms. The molecule has 3 N–H and O–H groups in total. The summed E-state index contributed by atoms with van der Waals surface area (Å²) in [7, 11) is -3.65. The Morgan fingerprint density at radius 1 is 0.967 bits per heavy atom. The number of rotatable bonds is 7. The Morgan fingerprint density at radius 3 is 2.47 bits per heavy atom. The fraction of sp³-hybridized carbons (Fsp3) is 0.0952. The maximum Gasteiger partial charge on any atom is 0.255 e. The Labute approximate surface area is 189 Å². The van der Waals surface area contributed by atoms with E-state index in [-0.39, 0.29) is 11.7 Å². The molecule has 5 nitrogen and oxygen atoms in total. The first-order valence-corrected chi connectivity index (χ1v) is 12.2. The predicted molar refractivity (Wildman–Crippen MR) is 124 cm³/mol. The maximum absolute atomic E-state index is 12.6. The molecule has 0 bridgehead atoms. The Balaban J connectivity index is 1.69. The van der Waals surface area contributed by atoms with Crippen molar-refractivity contribution in [3.8, 4) is 0 Å². The Morgan fingerprint density at radius 2 is 1.70 bits per heavy atom. The van der Waals surface area contributed by atoms with Crippen LogP contribution in [0.4, 0.5) is 5.69 Å². The van der Waals surface area contributed by atoms with Crippen molar-refractivity contribution in [1.29, 1.82) is 0 Å². The topological polar surface area (TPSA) is 89.3 Å². The molecule has 0 atom stereocenters. The fourth-order valence-corrected chi connectivity index (χ4v) is 4.81. The highest BCUT2D eigenvalue weighted by molar-refractivity contribution is 7.98. The average molecular weight is 481 g/mol. The van der Waals surface area contributed by atoms with Crippen molar-refractivity contribution < 1.29 is 13.2 Å². The van der Waals surface area contributed by atoms with Crippen molar-refractivity contribution in [3.63, 3.8) is 0 Å². The van der Waals surface area contributed by atoms with Crippen LogP contribution in [0.2, 0.25) is 10.0 Å². The summed E-state index contributed by atoms with van der Waals surface area (Å²) in [6.45, 7) is 0. The van der Waals surface area contributed by atoms with Crippen LogP contribution < -0.4 is 10.5 Å². The van der Waals surface area contributed by atoms with E-state index in [1.54, 1.807) is 54.6 Å². The van der Waals surface area contributed by atoms with Gasteiger partial charge < -0.3 is 5.32 Å². The molecule has 0 radical (unpaired) electrons. The number of halogens is 2. The second kappa shape index (κ2) is 9.85. The second-order valence-corrected chi connectivity index (χ2v) is 10.0. The monoisotopic (exact) mass is 480 g/mol. The van der Waals surface area contributed by atoms with Crippen molar-refractivity contribution in [2.75, 3.05) is 5.32 Å². The van der Waals surface area contributed by atoms with Crippen LogP contribution in [0.15, 0.2) is 71.6 Å². The lowest BCUT2D eigenvalue weighted by molar-refractivity contribution is 0.102. The van der Waals surface area contributed by atoms with E-state index >= 15 is 0 Å². The lowest BCUT2D eigenvalue weighted by Gasteiger charge is -2.09. The molecule has 0 aliphatic rings. The van der Waals surface area contributed by atoms with Gasteiger partial charge in [0.2, 0.25) is 10.0 Å². The van der Waals surface area contributed by atoms with E-state index < -0.39 is 10.0 Å². The number of hydrogen-bond donors (Lipinski definition) is 2. The largest absolute Gasteiger partial charge is 0.322 e. The molecule has 1 amide bonds. The predicted octanol–water partition coefficient (Wildman–Crippen LogP) is 5.33. The van der Waals surface area contributed by atoms with Gasteiger partial charge in [-0.2, -0.15) is 0 Å². The summed E-state index contributed by atoms with van der Waals surface area (Å²) in [5.41, 5.74) is 2.43. The SMILES string of the molecule is NS(=O)(=O)Cc1cccc(NC(=O)c2cccc(CSc3cc(Cl)ccc3Cl)c2)c1. The van der Waals surface area contributed by atoms with E-state index in [2.05, 4.69) is 5.32 Å². The van der Waals surface area contributed by atoms with Crippen LogP contribution in [0.3, 0.4) is 0 Å². The lowest BCUT2D eigenvalue weighted by atomic mass is 10.1. The molecule has 0 aromatic heterocycles. The summed E-state index contributed by atoms with van der Waals surface area (Å²) >= 11 is 13.8. The smallest absolute Gasteiger partial charge is 0.255 e. The summed E-state index contributed by atoms with van der Waals surface area (Å²) in [5.74, 6) is 0.0240. The van der Waals surface area contributed by atoms with Gasteiger partial charge in [0.05, 0.1) is 10.8 Å². The molecule has 3 aromatic carbocycles. The van der Waals surface area contributed by atoms with Crippen LogP contribution in [0.25, 0.3) is 0 Å². The fourth-order valence-electron chi connectivity index (χ4n) is 2.73. The number of hydrogen-bond acceptors (Lipinski definition) is 4. The minimum atomic E-state index is -3.65. The average Bonchev–Trinajstić information content (AvgIpc) is 2.68. The number of carbonyl (C=O) groups is 1. The highest BCUT2D eigenvalue weighted by Crippen LogP contribution is 2.32. The molecular formula is C21H18Cl2N2O3S2. The quantitative estimate of drug-likeness (QED) is 0.447. The van der Waals surface area contributed by atoms with Crippen molar-refractivity contribution in [2.24, 2.45) is 5.14 Å². The number of amides is 1. The third-order valence-electron chi connectivity index (χ3n) is 4.03. The van der Waals surface area contributed by atoms with Gasteiger partial charge in [0.25, 0.3) is 5.91 Å². The molecule has 0 heterocycles. The highest BCUT2D eigenvalue weighted by atomic mass is 35.5. The van der Waals surface area contributed by atoms with Crippen molar-refractivity contribution in [3.05, 3.63) is 93.5 Å². The molecule has 3 rings (SSSR count). The zero-order chi connectivity index (χ0) is 21.7. The number of carbonyl (C=O) groups excluding carboxylic acids is 1. The molecule has 0 unspecified atom stereocenters. The van der Waals surface area contributed by atoms with Crippen LogP contribution in [0.5, 0.6) is 0 Å². The first-order chi connectivity index (χ1) is 14.2. The number of nitrogens with two attached hydrogens (primary N) is 1. The molecular weight excluding hydrogens is 463 g/mol.